The van der Waals surface area contributed by atoms with E-state index in [1.165, 1.54) is 6.26 Å². The molecule has 4 rings (SSSR count). The van der Waals surface area contributed by atoms with Gasteiger partial charge in [0.15, 0.2) is 12.4 Å². The van der Waals surface area contributed by atoms with Crippen molar-refractivity contribution >= 4 is 23.4 Å². The van der Waals surface area contributed by atoms with Crippen LogP contribution in [0, 0.1) is 0 Å². The smallest absolute Gasteiger partial charge is 0.289 e. The highest BCUT2D eigenvalue weighted by molar-refractivity contribution is 6.30. The second-order valence-corrected chi connectivity index (χ2v) is 8.38. The highest BCUT2D eigenvalue weighted by Crippen LogP contribution is 2.26. The maximum Gasteiger partial charge on any atom is 0.289 e. The second kappa shape index (κ2) is 10.2. The Morgan fingerprint density at radius 1 is 1.16 bits per heavy atom. The van der Waals surface area contributed by atoms with Crippen LogP contribution in [0.25, 0.3) is 0 Å². The maximum atomic E-state index is 13.0. The summed E-state index contributed by atoms with van der Waals surface area (Å²) in [5, 5.41) is 0.616. The van der Waals surface area contributed by atoms with Gasteiger partial charge in [0.2, 0.25) is 0 Å². The summed E-state index contributed by atoms with van der Waals surface area (Å²) in [6.07, 6.45) is 5.47. The van der Waals surface area contributed by atoms with E-state index in [1.54, 1.807) is 41.3 Å². The van der Waals surface area contributed by atoms with Crippen LogP contribution >= 0.6 is 11.6 Å². The summed E-state index contributed by atoms with van der Waals surface area (Å²) in [4.78, 5) is 29.3. The molecule has 8 heteroatoms. The highest BCUT2D eigenvalue weighted by Gasteiger charge is 2.33. The summed E-state index contributed by atoms with van der Waals surface area (Å²) < 4.78 is 16.9. The fourth-order valence-corrected chi connectivity index (χ4v) is 4.32. The van der Waals surface area contributed by atoms with Gasteiger partial charge in [0.25, 0.3) is 11.8 Å². The van der Waals surface area contributed by atoms with E-state index in [2.05, 4.69) is 0 Å². The molecule has 7 nitrogen and oxygen atoms in total. The van der Waals surface area contributed by atoms with Crippen LogP contribution in [-0.4, -0.2) is 66.6 Å². The van der Waals surface area contributed by atoms with Gasteiger partial charge >= 0.3 is 0 Å². The van der Waals surface area contributed by atoms with Crippen molar-refractivity contribution in [3.8, 4) is 5.75 Å². The van der Waals surface area contributed by atoms with Crippen molar-refractivity contribution in [3.05, 3.63) is 53.4 Å². The van der Waals surface area contributed by atoms with Gasteiger partial charge in [0.1, 0.15) is 5.75 Å². The van der Waals surface area contributed by atoms with Crippen molar-refractivity contribution in [1.82, 2.24) is 9.80 Å². The summed E-state index contributed by atoms with van der Waals surface area (Å²) in [6.45, 7) is 1.76. The fourth-order valence-electron chi connectivity index (χ4n) is 4.20. The second-order valence-electron chi connectivity index (χ2n) is 7.95. The zero-order valence-electron chi connectivity index (χ0n) is 17.4. The number of halogens is 1. The molecule has 1 atom stereocenters. The summed E-state index contributed by atoms with van der Waals surface area (Å²) in [5.41, 5.74) is 0. The molecule has 1 saturated heterocycles. The zero-order chi connectivity index (χ0) is 21.6. The normalized spacial score (nSPS) is 19.4. The third-order valence-corrected chi connectivity index (χ3v) is 6.08. The summed E-state index contributed by atoms with van der Waals surface area (Å²) in [7, 11) is 0. The topological polar surface area (TPSA) is 72.2 Å². The van der Waals surface area contributed by atoms with Crippen molar-refractivity contribution < 1.29 is 23.5 Å². The highest BCUT2D eigenvalue weighted by atomic mass is 35.5. The van der Waals surface area contributed by atoms with Gasteiger partial charge in [-0.1, -0.05) is 24.4 Å². The molecule has 2 aromatic rings. The zero-order valence-corrected chi connectivity index (χ0v) is 18.1. The number of hydrogen-bond acceptors (Lipinski definition) is 5. The number of furan rings is 1. The van der Waals surface area contributed by atoms with E-state index in [1.807, 2.05) is 4.90 Å². The Balaban J connectivity index is 1.35. The molecule has 1 saturated carbocycles. The molecule has 1 aromatic heterocycles. The lowest BCUT2D eigenvalue weighted by Crippen LogP contribution is -2.53. The Kier molecular flexibility index (Phi) is 7.14. The molecular weight excluding hydrogens is 420 g/mol. The molecule has 31 heavy (non-hydrogen) atoms. The lowest BCUT2D eigenvalue weighted by Gasteiger charge is -2.37. The number of benzene rings is 1. The molecule has 2 fully saturated rings. The van der Waals surface area contributed by atoms with E-state index in [0.717, 1.165) is 25.7 Å². The first kappa shape index (κ1) is 21.7. The van der Waals surface area contributed by atoms with E-state index >= 15 is 0 Å². The van der Waals surface area contributed by atoms with E-state index in [4.69, 9.17) is 25.5 Å². The van der Waals surface area contributed by atoms with E-state index in [0.29, 0.717) is 42.8 Å². The lowest BCUT2D eigenvalue weighted by atomic mass is 10.1. The predicted octanol–water partition coefficient (Wildman–Crippen LogP) is 3.62. The molecular formula is C23H27ClN2O5. The molecule has 2 heterocycles. The minimum atomic E-state index is -0.243. The van der Waals surface area contributed by atoms with Crippen molar-refractivity contribution in [2.45, 2.75) is 37.8 Å². The van der Waals surface area contributed by atoms with Gasteiger partial charge in [-0.2, -0.15) is 0 Å². The number of morpholine rings is 1. The Labute approximate surface area is 186 Å². The molecule has 0 N–H and O–H groups in total. The van der Waals surface area contributed by atoms with E-state index < -0.39 is 0 Å². The number of carbonyl (C=O) groups is 2. The molecule has 2 amide bonds. The Hall–Kier alpha value is -2.51. The SMILES string of the molecule is O=C(COc1ccc(Cl)cc1)N1CCO[C@@H](CN(C(=O)c2ccco2)C2CCCC2)C1. The van der Waals surface area contributed by atoms with Crippen LogP contribution in [0.4, 0.5) is 0 Å². The van der Waals surface area contributed by atoms with Crippen LogP contribution < -0.4 is 4.74 Å². The molecule has 0 bridgehead atoms. The third-order valence-electron chi connectivity index (χ3n) is 5.83. The number of ether oxygens (including phenoxy) is 2. The van der Waals surface area contributed by atoms with Gasteiger partial charge in [0, 0.05) is 30.7 Å². The van der Waals surface area contributed by atoms with Crippen LogP contribution in [0.3, 0.4) is 0 Å². The minimum Gasteiger partial charge on any atom is -0.484 e. The summed E-state index contributed by atoms with van der Waals surface area (Å²) in [5.74, 6) is 0.717. The third kappa shape index (κ3) is 5.60. The number of nitrogens with zero attached hydrogens (tertiary/aromatic N) is 2. The molecule has 1 aliphatic heterocycles. The van der Waals surface area contributed by atoms with Gasteiger partial charge in [0.05, 0.1) is 19.0 Å². The van der Waals surface area contributed by atoms with Gasteiger partial charge in [-0.25, -0.2) is 0 Å². The lowest BCUT2D eigenvalue weighted by molar-refractivity contribution is -0.141. The average Bonchev–Trinajstić information content (AvgIpc) is 3.51. The Morgan fingerprint density at radius 3 is 2.65 bits per heavy atom. The van der Waals surface area contributed by atoms with Crippen molar-refractivity contribution in [2.75, 3.05) is 32.8 Å². The molecule has 0 radical (unpaired) electrons. The van der Waals surface area contributed by atoms with Crippen LogP contribution in [0.5, 0.6) is 5.75 Å². The van der Waals surface area contributed by atoms with Gasteiger partial charge in [-0.3, -0.25) is 9.59 Å². The minimum absolute atomic E-state index is 0.0496. The van der Waals surface area contributed by atoms with Gasteiger partial charge in [-0.15, -0.1) is 0 Å². The molecule has 2 aliphatic rings. The number of carbonyl (C=O) groups excluding carboxylic acids is 2. The maximum absolute atomic E-state index is 13.0. The number of amides is 2. The summed E-state index contributed by atoms with van der Waals surface area (Å²) >= 11 is 5.88. The van der Waals surface area contributed by atoms with Gasteiger partial charge < -0.3 is 23.7 Å². The average molecular weight is 447 g/mol. The van der Waals surface area contributed by atoms with Crippen molar-refractivity contribution in [1.29, 1.82) is 0 Å². The largest absolute Gasteiger partial charge is 0.484 e. The first-order valence-electron chi connectivity index (χ1n) is 10.7. The van der Waals surface area contributed by atoms with Gasteiger partial charge in [-0.05, 0) is 49.2 Å². The monoisotopic (exact) mass is 446 g/mol. The first-order valence-corrected chi connectivity index (χ1v) is 11.1. The number of rotatable bonds is 7. The number of hydrogen-bond donors (Lipinski definition) is 0. The molecule has 0 unspecified atom stereocenters. The van der Waals surface area contributed by atoms with E-state index in [-0.39, 0.29) is 30.6 Å². The molecule has 1 aromatic carbocycles. The molecule has 166 valence electrons. The van der Waals surface area contributed by atoms with E-state index in [9.17, 15) is 9.59 Å². The van der Waals surface area contributed by atoms with Crippen LogP contribution in [0.1, 0.15) is 36.2 Å². The molecule has 0 spiro atoms. The fraction of sp³-hybridized carbons (Fsp3) is 0.478. The summed E-state index contributed by atoms with van der Waals surface area (Å²) in [6, 6.07) is 10.5. The first-order chi connectivity index (χ1) is 15.1. The van der Waals surface area contributed by atoms with Crippen molar-refractivity contribution in [2.24, 2.45) is 0 Å². The van der Waals surface area contributed by atoms with Crippen molar-refractivity contribution in [3.63, 3.8) is 0 Å². The van der Waals surface area contributed by atoms with Crippen LogP contribution in [-0.2, 0) is 9.53 Å². The predicted molar refractivity (Wildman–Crippen MR) is 115 cm³/mol. The van der Waals surface area contributed by atoms with Crippen LogP contribution in [0.15, 0.2) is 47.1 Å². The Morgan fingerprint density at radius 2 is 1.94 bits per heavy atom. The van der Waals surface area contributed by atoms with Crippen LogP contribution in [0.2, 0.25) is 5.02 Å². The quantitative estimate of drug-likeness (QED) is 0.649. The standard InChI is InChI=1S/C23H27ClN2O5/c24-17-7-9-19(10-8-17)31-16-22(27)25-11-13-29-20(14-25)15-26(18-4-1-2-5-18)23(28)21-6-3-12-30-21/h3,6-10,12,18,20H,1-2,4-5,11,13-16H2/t20-/m1/s1. The molecule has 1 aliphatic carbocycles. The Bertz CT molecular complexity index is 865.